The van der Waals surface area contributed by atoms with Crippen LogP contribution in [0.3, 0.4) is 0 Å². The van der Waals surface area contributed by atoms with Crippen molar-refractivity contribution in [2.45, 2.75) is 45.5 Å². The molecule has 0 saturated carbocycles. The van der Waals surface area contributed by atoms with Crippen molar-refractivity contribution in [1.29, 1.82) is 0 Å². The number of hydrogen-bond acceptors (Lipinski definition) is 5. The number of amides is 1. The van der Waals surface area contributed by atoms with Gasteiger partial charge in [0.25, 0.3) is 0 Å². The molecule has 144 valence electrons. The molecule has 6 nitrogen and oxygen atoms in total. The fourth-order valence-electron chi connectivity index (χ4n) is 2.38. The molecule has 7 heteroatoms. The highest BCUT2D eigenvalue weighted by atomic mass is 32.2. The monoisotopic (exact) mass is 386 g/mol. The van der Waals surface area contributed by atoms with Crippen molar-refractivity contribution in [3.63, 3.8) is 0 Å². The average molecular weight is 387 g/mol. The summed E-state index contributed by atoms with van der Waals surface area (Å²) >= 11 is 1.35. The fourth-order valence-corrected chi connectivity index (χ4v) is 3.18. The summed E-state index contributed by atoms with van der Waals surface area (Å²) in [7, 11) is 0. The van der Waals surface area contributed by atoms with Crippen molar-refractivity contribution >= 4 is 17.7 Å². The molecule has 0 unspecified atom stereocenters. The number of nitrogens with one attached hydrogen (secondary N) is 1. The molecule has 0 fully saturated rings. The van der Waals surface area contributed by atoms with Crippen molar-refractivity contribution in [1.82, 2.24) is 20.1 Å². The zero-order chi connectivity index (χ0) is 19.6. The second-order valence-electron chi connectivity index (χ2n) is 6.46. The van der Waals surface area contributed by atoms with Crippen molar-refractivity contribution in [2.24, 2.45) is 5.92 Å². The van der Waals surface area contributed by atoms with E-state index in [4.69, 9.17) is 11.2 Å². The van der Waals surface area contributed by atoms with E-state index in [0.717, 1.165) is 24.5 Å². The summed E-state index contributed by atoms with van der Waals surface area (Å²) in [5.74, 6) is 4.47. The molecule has 2 rings (SSSR count). The maximum atomic E-state index is 11.8. The van der Waals surface area contributed by atoms with Crippen LogP contribution in [0, 0.1) is 18.3 Å². The molecule has 0 atom stereocenters. The van der Waals surface area contributed by atoms with Gasteiger partial charge in [0.1, 0.15) is 12.4 Å². The zero-order valence-electron chi connectivity index (χ0n) is 16.1. The van der Waals surface area contributed by atoms with Gasteiger partial charge in [-0.1, -0.05) is 50.6 Å². The minimum Gasteiger partial charge on any atom is -0.486 e. The first-order valence-electron chi connectivity index (χ1n) is 9.00. The quantitative estimate of drug-likeness (QED) is 0.502. The maximum absolute atomic E-state index is 11.8. The first kappa shape index (κ1) is 20.8. The number of hydrogen-bond donors (Lipinski definition) is 1. The lowest BCUT2D eigenvalue weighted by molar-refractivity contribution is -0.118. The van der Waals surface area contributed by atoms with E-state index in [1.54, 1.807) is 0 Å². The number of aryl methyl sites for hydroxylation is 1. The molecule has 1 aromatic carbocycles. The Bertz CT molecular complexity index is 778. The van der Waals surface area contributed by atoms with Gasteiger partial charge in [-0.3, -0.25) is 4.79 Å². The number of ether oxygens (including phenoxy) is 1. The van der Waals surface area contributed by atoms with E-state index in [9.17, 15) is 4.79 Å². The number of carbonyl (C=O) groups is 1. The predicted molar refractivity (Wildman–Crippen MR) is 108 cm³/mol. The molecule has 1 aromatic heterocycles. The van der Waals surface area contributed by atoms with Crippen LogP contribution in [0.4, 0.5) is 0 Å². The second-order valence-corrected chi connectivity index (χ2v) is 7.40. The van der Waals surface area contributed by atoms with Gasteiger partial charge >= 0.3 is 0 Å². The van der Waals surface area contributed by atoms with Crippen LogP contribution in [-0.2, 0) is 24.4 Å². The molecular formula is C20H26N4O2S. The van der Waals surface area contributed by atoms with Crippen LogP contribution in [0.2, 0.25) is 0 Å². The minimum atomic E-state index is -0.120. The van der Waals surface area contributed by atoms with Crippen molar-refractivity contribution in [3.8, 4) is 18.1 Å². The van der Waals surface area contributed by atoms with Gasteiger partial charge in [0, 0.05) is 6.54 Å². The van der Waals surface area contributed by atoms with Crippen molar-refractivity contribution < 1.29 is 9.53 Å². The van der Waals surface area contributed by atoms with Gasteiger partial charge in [0.05, 0.1) is 12.3 Å². The standard InChI is InChI=1S/C20H26N4O2S/c1-5-11-21-19(25)14-27-20-23-22-18(24(20)12-15(3)4)13-26-17-9-7-16(6-2)8-10-17/h1,7-10,15H,6,11-14H2,2-4H3,(H,21,25). The zero-order valence-corrected chi connectivity index (χ0v) is 16.9. The lowest BCUT2D eigenvalue weighted by Crippen LogP contribution is -2.25. The Labute approximate surface area is 165 Å². The van der Waals surface area contributed by atoms with E-state index in [0.29, 0.717) is 17.7 Å². The lowest BCUT2D eigenvalue weighted by Gasteiger charge is -2.13. The molecule has 0 aliphatic carbocycles. The Balaban J connectivity index is 2.03. The number of terminal acetylenes is 1. The fraction of sp³-hybridized carbons (Fsp3) is 0.450. The first-order chi connectivity index (χ1) is 13.0. The van der Waals surface area contributed by atoms with E-state index in [2.05, 4.69) is 54.3 Å². The number of thioether (sulfide) groups is 1. The van der Waals surface area contributed by atoms with Crippen molar-refractivity contribution in [2.75, 3.05) is 12.3 Å². The number of nitrogens with zero attached hydrogens (tertiary/aromatic N) is 3. The molecule has 2 aromatic rings. The number of rotatable bonds is 10. The third-order valence-corrected chi connectivity index (χ3v) is 4.73. The van der Waals surface area contributed by atoms with Gasteiger partial charge in [-0.2, -0.15) is 0 Å². The predicted octanol–water partition coefficient (Wildman–Crippen LogP) is 2.92. The van der Waals surface area contributed by atoms with Crippen molar-refractivity contribution in [3.05, 3.63) is 35.7 Å². The summed E-state index contributed by atoms with van der Waals surface area (Å²) in [5, 5.41) is 11.9. The highest BCUT2D eigenvalue weighted by Crippen LogP contribution is 2.20. The molecule has 0 aliphatic heterocycles. The van der Waals surface area contributed by atoms with Crippen LogP contribution in [0.15, 0.2) is 29.4 Å². The first-order valence-corrected chi connectivity index (χ1v) is 9.98. The SMILES string of the molecule is C#CCNC(=O)CSc1nnc(COc2ccc(CC)cc2)n1CC(C)C. The third kappa shape index (κ3) is 6.65. The summed E-state index contributed by atoms with van der Waals surface area (Å²) in [5.41, 5.74) is 1.27. The van der Waals surface area contributed by atoms with Gasteiger partial charge in [0.2, 0.25) is 5.91 Å². The Morgan fingerprint density at radius 2 is 2.07 bits per heavy atom. The Kier molecular flexibility index (Phi) is 8.21. The number of carbonyl (C=O) groups excluding carboxylic acids is 1. The Morgan fingerprint density at radius 1 is 1.33 bits per heavy atom. The molecule has 1 N–H and O–H groups in total. The van der Waals surface area contributed by atoms with Crippen LogP contribution in [0.5, 0.6) is 5.75 Å². The maximum Gasteiger partial charge on any atom is 0.231 e. The van der Waals surface area contributed by atoms with Crippen LogP contribution >= 0.6 is 11.8 Å². The highest BCUT2D eigenvalue weighted by Gasteiger charge is 2.15. The minimum absolute atomic E-state index is 0.120. The summed E-state index contributed by atoms with van der Waals surface area (Å²) in [6.45, 7) is 7.69. The summed E-state index contributed by atoms with van der Waals surface area (Å²) in [6, 6.07) is 8.05. The lowest BCUT2D eigenvalue weighted by atomic mass is 10.2. The molecule has 27 heavy (non-hydrogen) atoms. The number of benzene rings is 1. The number of aromatic nitrogens is 3. The van der Waals surface area contributed by atoms with Crippen LogP contribution in [0.25, 0.3) is 0 Å². The van der Waals surface area contributed by atoms with Crippen LogP contribution < -0.4 is 10.1 Å². The Hall–Kier alpha value is -2.46. The molecule has 0 saturated heterocycles. The molecular weight excluding hydrogens is 360 g/mol. The van der Waals surface area contributed by atoms with E-state index in [1.165, 1.54) is 17.3 Å². The van der Waals surface area contributed by atoms with Gasteiger partial charge in [-0.05, 0) is 30.0 Å². The largest absolute Gasteiger partial charge is 0.486 e. The van der Waals surface area contributed by atoms with Crippen LogP contribution in [0.1, 0.15) is 32.2 Å². The van der Waals surface area contributed by atoms with E-state index in [-0.39, 0.29) is 18.2 Å². The molecule has 1 amide bonds. The van der Waals surface area contributed by atoms with Gasteiger partial charge in [-0.15, -0.1) is 16.6 Å². The Morgan fingerprint density at radius 3 is 2.70 bits per heavy atom. The molecule has 0 spiro atoms. The summed E-state index contributed by atoms with van der Waals surface area (Å²) in [6.07, 6.45) is 6.15. The summed E-state index contributed by atoms with van der Waals surface area (Å²) < 4.78 is 7.89. The van der Waals surface area contributed by atoms with Gasteiger partial charge in [-0.25, -0.2) is 0 Å². The van der Waals surface area contributed by atoms with E-state index in [1.807, 2.05) is 16.7 Å². The van der Waals surface area contributed by atoms with E-state index >= 15 is 0 Å². The molecule has 0 aliphatic rings. The summed E-state index contributed by atoms with van der Waals surface area (Å²) in [4.78, 5) is 11.8. The highest BCUT2D eigenvalue weighted by molar-refractivity contribution is 7.99. The van der Waals surface area contributed by atoms with Gasteiger partial charge in [0.15, 0.2) is 11.0 Å². The normalized spacial score (nSPS) is 10.6. The molecule has 0 radical (unpaired) electrons. The van der Waals surface area contributed by atoms with E-state index < -0.39 is 0 Å². The molecule has 0 bridgehead atoms. The third-order valence-electron chi connectivity index (χ3n) is 3.76. The second kappa shape index (κ2) is 10.6. The molecule has 1 heterocycles. The smallest absolute Gasteiger partial charge is 0.231 e. The van der Waals surface area contributed by atoms with Crippen LogP contribution in [-0.4, -0.2) is 33.0 Å². The topological polar surface area (TPSA) is 69.0 Å². The van der Waals surface area contributed by atoms with Gasteiger partial charge < -0.3 is 14.6 Å². The average Bonchev–Trinajstić information content (AvgIpc) is 3.04.